The van der Waals surface area contributed by atoms with Gasteiger partial charge in [0, 0.05) is 43.9 Å². The summed E-state index contributed by atoms with van der Waals surface area (Å²) >= 11 is 0. The van der Waals surface area contributed by atoms with Crippen molar-refractivity contribution in [2.75, 3.05) is 0 Å². The van der Waals surface area contributed by atoms with E-state index in [-0.39, 0.29) is 0 Å². The zero-order valence-electron chi connectivity index (χ0n) is 29.0. The predicted octanol–water partition coefficient (Wildman–Crippen LogP) is 12.7. The molecule has 0 spiro atoms. The SMILES string of the molecule is c1ccc(-c2nc(-c3ccc(-n4c5ccccc5c5ccccc54)cc3)nc(-c3ccc4c(c3)oc3cc(-c5ccccc5)c5ccccc5c34)n2)cc1. The van der Waals surface area contributed by atoms with Gasteiger partial charge in [-0.25, -0.2) is 15.0 Å². The number of benzene rings is 8. The van der Waals surface area contributed by atoms with Crippen molar-refractivity contribution in [3.8, 4) is 51.0 Å². The zero-order valence-corrected chi connectivity index (χ0v) is 29.0. The Bertz CT molecular complexity index is 3150. The summed E-state index contributed by atoms with van der Waals surface area (Å²) in [6, 6.07) is 63.2. The van der Waals surface area contributed by atoms with Crippen LogP contribution in [0.3, 0.4) is 0 Å². The summed E-state index contributed by atoms with van der Waals surface area (Å²) in [5, 5.41) is 7.00. The molecule has 0 aliphatic carbocycles. The Morgan fingerprint density at radius 1 is 0.352 bits per heavy atom. The van der Waals surface area contributed by atoms with E-state index in [4.69, 9.17) is 19.4 Å². The second kappa shape index (κ2) is 12.1. The van der Waals surface area contributed by atoms with Gasteiger partial charge < -0.3 is 8.98 Å². The van der Waals surface area contributed by atoms with Crippen molar-refractivity contribution in [1.82, 2.24) is 19.5 Å². The molecule has 0 aliphatic rings. The molecule has 0 amide bonds. The third-order valence-corrected chi connectivity index (χ3v) is 10.5. The maximum Gasteiger partial charge on any atom is 0.164 e. The van der Waals surface area contributed by atoms with Gasteiger partial charge in [0.2, 0.25) is 0 Å². The molecule has 8 aromatic carbocycles. The molecule has 11 aromatic rings. The second-order valence-corrected chi connectivity index (χ2v) is 13.6. The summed E-state index contributed by atoms with van der Waals surface area (Å²) in [4.78, 5) is 15.1. The number of hydrogen-bond donors (Lipinski definition) is 0. The van der Waals surface area contributed by atoms with Gasteiger partial charge in [-0.3, -0.25) is 0 Å². The van der Waals surface area contributed by atoms with Crippen molar-refractivity contribution in [3.63, 3.8) is 0 Å². The van der Waals surface area contributed by atoms with Crippen LogP contribution in [0, 0.1) is 0 Å². The van der Waals surface area contributed by atoms with Crippen molar-refractivity contribution in [3.05, 3.63) is 182 Å². The van der Waals surface area contributed by atoms with Gasteiger partial charge in [-0.05, 0) is 76.5 Å². The third kappa shape index (κ3) is 4.83. The minimum Gasteiger partial charge on any atom is -0.456 e. The topological polar surface area (TPSA) is 56.7 Å². The van der Waals surface area contributed by atoms with E-state index in [2.05, 4.69) is 150 Å². The number of aromatic nitrogens is 4. The van der Waals surface area contributed by atoms with Gasteiger partial charge in [-0.2, -0.15) is 0 Å². The fourth-order valence-electron chi connectivity index (χ4n) is 7.95. The first-order chi connectivity index (χ1) is 26.8. The lowest BCUT2D eigenvalue weighted by Crippen LogP contribution is -2.00. The Hall–Kier alpha value is -7.37. The lowest BCUT2D eigenvalue weighted by Gasteiger charge is -2.11. The van der Waals surface area contributed by atoms with Crippen LogP contribution in [0.2, 0.25) is 0 Å². The largest absolute Gasteiger partial charge is 0.456 e. The minimum absolute atomic E-state index is 0.586. The molecule has 5 heteroatoms. The Labute approximate surface area is 310 Å². The van der Waals surface area contributed by atoms with Crippen LogP contribution in [-0.2, 0) is 0 Å². The second-order valence-electron chi connectivity index (χ2n) is 13.6. The number of para-hydroxylation sites is 2. The van der Waals surface area contributed by atoms with Crippen LogP contribution in [0.4, 0.5) is 0 Å². The van der Waals surface area contributed by atoms with Crippen LogP contribution >= 0.6 is 0 Å². The van der Waals surface area contributed by atoms with Gasteiger partial charge in [-0.1, -0.05) is 127 Å². The van der Waals surface area contributed by atoms with E-state index in [0.29, 0.717) is 17.5 Å². The predicted molar refractivity (Wildman–Crippen MR) is 221 cm³/mol. The lowest BCUT2D eigenvalue weighted by atomic mass is 9.95. The van der Waals surface area contributed by atoms with Gasteiger partial charge in [0.15, 0.2) is 17.5 Å². The molecule has 5 nitrogen and oxygen atoms in total. The Morgan fingerprint density at radius 2 is 0.852 bits per heavy atom. The molecule has 0 N–H and O–H groups in total. The van der Waals surface area contributed by atoms with E-state index in [9.17, 15) is 0 Å². The summed E-state index contributed by atoms with van der Waals surface area (Å²) < 4.78 is 8.97. The third-order valence-electron chi connectivity index (χ3n) is 10.5. The molecule has 3 aromatic heterocycles. The number of nitrogens with zero attached hydrogens (tertiary/aromatic N) is 4. The Kier molecular flexibility index (Phi) is 6.79. The maximum absolute atomic E-state index is 6.65. The highest BCUT2D eigenvalue weighted by atomic mass is 16.3. The molecule has 252 valence electrons. The quantitative estimate of drug-likeness (QED) is 0.180. The molecule has 0 unspecified atom stereocenters. The number of rotatable bonds is 5. The average molecular weight is 691 g/mol. The molecule has 0 radical (unpaired) electrons. The summed E-state index contributed by atoms with van der Waals surface area (Å²) in [7, 11) is 0. The van der Waals surface area contributed by atoms with Gasteiger partial charge in [0.1, 0.15) is 11.2 Å². The van der Waals surface area contributed by atoms with Gasteiger partial charge >= 0.3 is 0 Å². The standard InChI is InChI=1S/C49H30N4O/c1-3-13-31(14-4-1)41-30-45-46(39-20-8-7-17-36(39)41)40-28-25-34(29-44(40)54-45)49-51-47(32-15-5-2-6-16-32)50-48(52-49)33-23-26-35(27-24-33)53-42-21-11-9-18-37(42)38-19-10-12-22-43(38)53/h1-30H. The normalized spacial score (nSPS) is 11.7. The first kappa shape index (κ1) is 30.3. The molecule has 0 saturated heterocycles. The van der Waals surface area contributed by atoms with E-state index < -0.39 is 0 Å². The average Bonchev–Trinajstić information content (AvgIpc) is 3.79. The van der Waals surface area contributed by atoms with Crippen molar-refractivity contribution in [2.45, 2.75) is 0 Å². The number of furan rings is 1. The fraction of sp³-hybridized carbons (Fsp3) is 0. The zero-order chi connectivity index (χ0) is 35.6. The van der Waals surface area contributed by atoms with Crippen LogP contribution in [0.1, 0.15) is 0 Å². The van der Waals surface area contributed by atoms with E-state index in [1.807, 2.05) is 36.4 Å². The van der Waals surface area contributed by atoms with Crippen molar-refractivity contribution in [1.29, 1.82) is 0 Å². The molecule has 11 rings (SSSR count). The minimum atomic E-state index is 0.586. The first-order valence-corrected chi connectivity index (χ1v) is 18.1. The molecule has 0 bridgehead atoms. The summed E-state index contributed by atoms with van der Waals surface area (Å²) in [6.07, 6.45) is 0. The lowest BCUT2D eigenvalue weighted by molar-refractivity contribution is 0.669. The van der Waals surface area contributed by atoms with Crippen LogP contribution in [0.25, 0.3) is 105 Å². The van der Waals surface area contributed by atoms with Gasteiger partial charge in [0.05, 0.1) is 11.0 Å². The van der Waals surface area contributed by atoms with E-state index in [1.165, 1.54) is 32.6 Å². The van der Waals surface area contributed by atoms with E-state index >= 15 is 0 Å². The summed E-state index contributed by atoms with van der Waals surface area (Å²) in [5.74, 6) is 1.81. The fourth-order valence-corrected chi connectivity index (χ4v) is 7.95. The molecular formula is C49H30N4O. The molecule has 3 heterocycles. The van der Waals surface area contributed by atoms with Gasteiger partial charge in [-0.15, -0.1) is 0 Å². The van der Waals surface area contributed by atoms with Crippen LogP contribution in [-0.4, -0.2) is 19.5 Å². The molecule has 0 fully saturated rings. The van der Waals surface area contributed by atoms with Crippen molar-refractivity contribution >= 4 is 54.5 Å². The molecule has 0 atom stereocenters. The highest BCUT2D eigenvalue weighted by Crippen LogP contribution is 2.41. The number of hydrogen-bond acceptors (Lipinski definition) is 4. The van der Waals surface area contributed by atoms with E-state index in [0.717, 1.165) is 55.4 Å². The maximum atomic E-state index is 6.65. The highest BCUT2D eigenvalue weighted by molar-refractivity contribution is 6.22. The number of fused-ring (bicyclic) bond motifs is 8. The molecule has 54 heavy (non-hydrogen) atoms. The van der Waals surface area contributed by atoms with Crippen molar-refractivity contribution < 1.29 is 4.42 Å². The van der Waals surface area contributed by atoms with Crippen LogP contribution in [0.5, 0.6) is 0 Å². The molecule has 0 aliphatic heterocycles. The molecular weight excluding hydrogens is 661 g/mol. The first-order valence-electron chi connectivity index (χ1n) is 18.1. The van der Waals surface area contributed by atoms with Crippen LogP contribution < -0.4 is 0 Å². The van der Waals surface area contributed by atoms with Crippen molar-refractivity contribution in [2.24, 2.45) is 0 Å². The Morgan fingerprint density at radius 3 is 1.50 bits per heavy atom. The van der Waals surface area contributed by atoms with E-state index in [1.54, 1.807) is 0 Å². The summed E-state index contributed by atoms with van der Waals surface area (Å²) in [5.41, 5.74) is 10.1. The van der Waals surface area contributed by atoms with Crippen LogP contribution in [0.15, 0.2) is 186 Å². The molecule has 0 saturated carbocycles. The summed E-state index contributed by atoms with van der Waals surface area (Å²) in [6.45, 7) is 0. The Balaban J connectivity index is 1.05. The highest BCUT2D eigenvalue weighted by Gasteiger charge is 2.18. The smallest absolute Gasteiger partial charge is 0.164 e. The monoisotopic (exact) mass is 690 g/mol. The van der Waals surface area contributed by atoms with Gasteiger partial charge in [0.25, 0.3) is 0 Å².